The topological polar surface area (TPSA) is 122 Å². The Bertz CT molecular complexity index is 1440. The van der Waals surface area contributed by atoms with E-state index in [0.29, 0.717) is 24.8 Å². The van der Waals surface area contributed by atoms with Crippen LogP contribution in [-0.4, -0.2) is 34.2 Å². The lowest BCUT2D eigenvalue weighted by Gasteiger charge is -2.21. The van der Waals surface area contributed by atoms with Gasteiger partial charge in [0.1, 0.15) is 5.52 Å². The predicted octanol–water partition coefficient (Wildman–Crippen LogP) is 5.07. The highest BCUT2D eigenvalue weighted by molar-refractivity contribution is 7.98. The molecule has 0 fully saturated rings. The van der Waals surface area contributed by atoms with Gasteiger partial charge in [-0.2, -0.15) is 0 Å². The summed E-state index contributed by atoms with van der Waals surface area (Å²) in [6.45, 7) is 9.93. The van der Waals surface area contributed by atoms with E-state index in [2.05, 4.69) is 90.2 Å². The zero-order valence-corrected chi connectivity index (χ0v) is 23.0. The van der Waals surface area contributed by atoms with E-state index in [-0.39, 0.29) is 12.5 Å². The molecule has 0 spiro atoms. The van der Waals surface area contributed by atoms with Gasteiger partial charge in [0, 0.05) is 35.5 Å². The van der Waals surface area contributed by atoms with Crippen LogP contribution in [0.1, 0.15) is 47.7 Å². The van der Waals surface area contributed by atoms with Crippen LogP contribution in [0.3, 0.4) is 0 Å². The first-order valence-corrected chi connectivity index (χ1v) is 13.3. The molecular weight excluding hydrogens is 496 g/mol. The molecule has 0 saturated heterocycles. The number of fused-ring (bicyclic) bond motifs is 3. The molecule has 4 aromatic rings. The number of aryl methyl sites for hydroxylation is 2. The number of aliphatic imine (C=N–C) groups is 1. The average Bonchev–Trinajstić information content (AvgIpc) is 3.39. The summed E-state index contributed by atoms with van der Waals surface area (Å²) in [5, 5.41) is 11.6. The van der Waals surface area contributed by atoms with Crippen molar-refractivity contribution < 1.29 is 9.52 Å². The molecule has 0 amide bonds. The molecule has 2 aromatic carbocycles. The van der Waals surface area contributed by atoms with Gasteiger partial charge in [-0.25, -0.2) is 15.0 Å². The van der Waals surface area contributed by atoms with Crippen LogP contribution in [0, 0.1) is 13.8 Å². The third-order valence-corrected chi connectivity index (χ3v) is 7.22. The third-order valence-electron chi connectivity index (χ3n) is 6.42. The molecule has 1 atom stereocenters. The highest BCUT2D eigenvalue weighted by Gasteiger charge is 2.18. The monoisotopic (exact) mass is 530 g/mol. The van der Waals surface area contributed by atoms with Crippen LogP contribution in [0.5, 0.6) is 0 Å². The first-order valence-electron chi connectivity index (χ1n) is 12.5. The Labute approximate surface area is 227 Å². The van der Waals surface area contributed by atoms with Gasteiger partial charge >= 0.3 is 0 Å². The highest BCUT2D eigenvalue weighted by atomic mass is 32.2. The Hall–Kier alpha value is -3.66. The number of allylic oxidation sites excluding steroid dienone is 1. The fourth-order valence-corrected chi connectivity index (χ4v) is 4.87. The van der Waals surface area contributed by atoms with Gasteiger partial charge in [0.15, 0.2) is 0 Å². The summed E-state index contributed by atoms with van der Waals surface area (Å²) < 4.78 is 8.21. The number of nitrogens with one attached hydrogen (secondary N) is 2. The average molecular weight is 531 g/mol. The number of guanidine groups is 1. The van der Waals surface area contributed by atoms with E-state index in [9.17, 15) is 0 Å². The molecule has 8 nitrogen and oxygen atoms in total. The number of hydrogen-bond donors (Lipinski definition) is 4. The standard InChI is InChI=1S/C20H23N3S.C9H11N3O2/c1-12-7-5-8-13(2)18(12)19-15(4)14(3)16-9-6-10-17(11-16)24-23-20(21)22-19;13-3-2-10-5-7-6-11-9-8(12-7)1-4-14-9/h5-11,14H,1-4H3,(H3,21,22,23);1,4,6,10,13H,2-3,5H2/b19-15-;. The van der Waals surface area contributed by atoms with Gasteiger partial charge in [0.2, 0.25) is 11.7 Å². The van der Waals surface area contributed by atoms with Gasteiger partial charge in [-0.3, -0.25) is 4.72 Å². The lowest BCUT2D eigenvalue weighted by molar-refractivity contribution is 0.291. The molecule has 5 rings (SSSR count). The molecule has 198 valence electrons. The van der Waals surface area contributed by atoms with Crippen molar-refractivity contribution in [2.45, 2.75) is 45.1 Å². The molecule has 38 heavy (non-hydrogen) atoms. The van der Waals surface area contributed by atoms with E-state index in [1.807, 2.05) is 0 Å². The Balaban J connectivity index is 0.000000204. The molecular formula is C29H34N6O2S. The molecule has 3 heterocycles. The van der Waals surface area contributed by atoms with Crippen molar-refractivity contribution in [3.8, 4) is 0 Å². The van der Waals surface area contributed by atoms with Crippen molar-refractivity contribution in [2.24, 2.45) is 10.7 Å². The van der Waals surface area contributed by atoms with Crippen molar-refractivity contribution in [3.05, 3.63) is 94.5 Å². The zero-order chi connectivity index (χ0) is 27.1. The molecule has 0 aliphatic carbocycles. The first kappa shape index (κ1) is 27.4. The van der Waals surface area contributed by atoms with Crippen molar-refractivity contribution >= 4 is 34.8 Å². The SMILES string of the molecule is C/C1=C(\c2c(C)cccc2C)N=C(N)NSc2cccc(c2)C1C.OCCNCc1cnc2occc2n1. The Morgan fingerprint density at radius 2 is 1.87 bits per heavy atom. The maximum absolute atomic E-state index is 8.57. The summed E-state index contributed by atoms with van der Waals surface area (Å²) in [5.41, 5.74) is 15.4. The predicted molar refractivity (Wildman–Crippen MR) is 155 cm³/mol. The normalized spacial score (nSPS) is 17.3. The van der Waals surface area contributed by atoms with Gasteiger partial charge in [-0.1, -0.05) is 37.3 Å². The van der Waals surface area contributed by atoms with Crippen molar-refractivity contribution in [1.29, 1.82) is 0 Å². The molecule has 1 aliphatic rings. The lowest BCUT2D eigenvalue weighted by atomic mass is 9.88. The van der Waals surface area contributed by atoms with Crippen LogP contribution in [-0.2, 0) is 6.54 Å². The molecule has 0 radical (unpaired) electrons. The fourth-order valence-electron chi connectivity index (χ4n) is 4.26. The maximum atomic E-state index is 8.57. The summed E-state index contributed by atoms with van der Waals surface area (Å²) in [6, 6.07) is 16.7. The van der Waals surface area contributed by atoms with Crippen molar-refractivity contribution in [1.82, 2.24) is 20.0 Å². The van der Waals surface area contributed by atoms with Crippen LogP contribution in [0.25, 0.3) is 16.9 Å². The largest absolute Gasteiger partial charge is 0.445 e. The second-order valence-electron chi connectivity index (χ2n) is 9.17. The number of aromatic nitrogens is 2. The number of benzene rings is 2. The van der Waals surface area contributed by atoms with Crippen LogP contribution in [0.2, 0.25) is 0 Å². The number of nitrogens with two attached hydrogens (primary N) is 1. The van der Waals surface area contributed by atoms with Crippen molar-refractivity contribution in [2.75, 3.05) is 13.2 Å². The molecule has 9 heteroatoms. The van der Waals surface area contributed by atoms with E-state index < -0.39 is 0 Å². The number of nitrogens with zero attached hydrogens (tertiary/aromatic N) is 3. The Morgan fingerprint density at radius 1 is 1.11 bits per heavy atom. The summed E-state index contributed by atoms with van der Waals surface area (Å²) in [6.07, 6.45) is 3.23. The van der Waals surface area contributed by atoms with E-state index in [4.69, 9.17) is 20.2 Å². The number of aliphatic hydroxyl groups excluding tert-OH is 1. The Morgan fingerprint density at radius 3 is 2.63 bits per heavy atom. The van der Waals surface area contributed by atoms with Gasteiger partial charge in [0.05, 0.1) is 30.5 Å². The van der Waals surface area contributed by atoms with Crippen molar-refractivity contribution in [3.63, 3.8) is 0 Å². The van der Waals surface area contributed by atoms with E-state index in [1.54, 1.807) is 18.5 Å². The van der Waals surface area contributed by atoms with Crippen LogP contribution >= 0.6 is 11.9 Å². The number of rotatable bonds is 5. The number of aliphatic hydroxyl groups is 1. The Kier molecular flexibility index (Phi) is 9.17. The molecule has 1 unspecified atom stereocenters. The fraction of sp³-hybridized carbons (Fsp3) is 0.276. The molecule has 2 bridgehead atoms. The molecule has 5 N–H and O–H groups in total. The van der Waals surface area contributed by atoms with E-state index >= 15 is 0 Å². The number of furan rings is 1. The van der Waals surface area contributed by atoms with Gasteiger partial charge in [0.25, 0.3) is 0 Å². The minimum absolute atomic E-state index is 0.126. The maximum Gasteiger partial charge on any atom is 0.245 e. The van der Waals surface area contributed by atoms with Crippen LogP contribution in [0.4, 0.5) is 0 Å². The second kappa shape index (κ2) is 12.7. The van der Waals surface area contributed by atoms with E-state index in [1.165, 1.54) is 39.8 Å². The van der Waals surface area contributed by atoms with Gasteiger partial charge in [-0.05, 0) is 67.1 Å². The minimum atomic E-state index is 0.126. The van der Waals surface area contributed by atoms with E-state index in [0.717, 1.165) is 21.8 Å². The van der Waals surface area contributed by atoms with Gasteiger partial charge in [-0.15, -0.1) is 0 Å². The molecule has 0 saturated carbocycles. The smallest absolute Gasteiger partial charge is 0.245 e. The lowest BCUT2D eigenvalue weighted by Crippen LogP contribution is -2.26. The first-order chi connectivity index (χ1) is 18.4. The van der Waals surface area contributed by atoms with Crippen LogP contribution in [0.15, 0.2) is 80.9 Å². The molecule has 2 aromatic heterocycles. The van der Waals surface area contributed by atoms with Gasteiger partial charge < -0.3 is 20.6 Å². The molecule has 1 aliphatic heterocycles. The number of hydrogen-bond acceptors (Lipinski definition) is 9. The third kappa shape index (κ3) is 6.61. The highest BCUT2D eigenvalue weighted by Crippen LogP contribution is 2.35. The summed E-state index contributed by atoms with van der Waals surface area (Å²) in [5.74, 6) is 0.700. The zero-order valence-electron chi connectivity index (χ0n) is 22.2. The minimum Gasteiger partial charge on any atom is -0.445 e. The second-order valence-corrected chi connectivity index (χ2v) is 10.0. The summed E-state index contributed by atoms with van der Waals surface area (Å²) in [7, 11) is 0. The quantitative estimate of drug-likeness (QED) is 0.208. The summed E-state index contributed by atoms with van der Waals surface area (Å²) in [4.78, 5) is 14.3. The summed E-state index contributed by atoms with van der Waals surface area (Å²) >= 11 is 1.50. The van der Waals surface area contributed by atoms with Crippen LogP contribution < -0.4 is 15.8 Å².